The van der Waals surface area contributed by atoms with E-state index in [0.717, 1.165) is 0 Å². The fourth-order valence-corrected chi connectivity index (χ4v) is 1.90. The van der Waals surface area contributed by atoms with Crippen LogP contribution in [0.1, 0.15) is 45.4 Å². The second kappa shape index (κ2) is 7.21. The van der Waals surface area contributed by atoms with Crippen LogP contribution in [0.2, 0.25) is 0 Å². The summed E-state index contributed by atoms with van der Waals surface area (Å²) < 4.78 is 0. The Bertz CT molecular complexity index is 250. The van der Waals surface area contributed by atoms with E-state index < -0.39 is 22.6 Å². The fraction of sp³-hybridized carbons (Fsp3) is 0.800. The number of amides is 2. The Labute approximate surface area is 100 Å². The van der Waals surface area contributed by atoms with E-state index in [4.69, 9.17) is 11.5 Å². The lowest BCUT2D eigenvalue weighted by molar-refractivity contribution is -1.09. The average molecular weight is 247 g/mol. The zero-order valence-corrected chi connectivity index (χ0v) is 10.1. The molecule has 0 heterocycles. The van der Waals surface area contributed by atoms with Gasteiger partial charge in [0.15, 0.2) is 0 Å². The Balaban J connectivity index is 4.71. The SMILES string of the molecule is CCCC(CCC(N)=O)(CCC(N)=O)[NH+]([O-])O. The highest BCUT2D eigenvalue weighted by Crippen LogP contribution is 2.21. The molecule has 0 saturated carbocycles. The van der Waals surface area contributed by atoms with Crippen LogP contribution in [-0.2, 0) is 9.59 Å². The maximum atomic E-state index is 11.3. The topological polar surface area (TPSA) is 134 Å². The third kappa shape index (κ3) is 5.62. The van der Waals surface area contributed by atoms with Crippen LogP contribution in [0.5, 0.6) is 0 Å². The van der Waals surface area contributed by atoms with Gasteiger partial charge in [0, 0.05) is 32.1 Å². The van der Waals surface area contributed by atoms with Gasteiger partial charge in [0.05, 0.1) is 0 Å². The van der Waals surface area contributed by atoms with Gasteiger partial charge in [-0.15, -0.1) is 0 Å². The van der Waals surface area contributed by atoms with Crippen LogP contribution < -0.4 is 16.7 Å². The first-order valence-corrected chi connectivity index (χ1v) is 5.64. The van der Waals surface area contributed by atoms with Crippen molar-refractivity contribution in [2.75, 3.05) is 0 Å². The second-order valence-corrected chi connectivity index (χ2v) is 4.27. The molecule has 0 bridgehead atoms. The van der Waals surface area contributed by atoms with Gasteiger partial charge in [-0.3, -0.25) is 9.59 Å². The van der Waals surface area contributed by atoms with E-state index in [0.29, 0.717) is 12.8 Å². The van der Waals surface area contributed by atoms with Gasteiger partial charge < -0.3 is 16.7 Å². The molecule has 0 aliphatic rings. The molecule has 0 aliphatic heterocycles. The Morgan fingerprint density at radius 2 is 1.59 bits per heavy atom. The maximum Gasteiger partial charge on any atom is 0.217 e. The lowest BCUT2D eigenvalue weighted by Gasteiger charge is -2.37. The molecule has 1 atom stereocenters. The van der Waals surface area contributed by atoms with Crippen LogP contribution in [-0.4, -0.2) is 22.6 Å². The summed E-state index contributed by atoms with van der Waals surface area (Å²) in [6, 6.07) is 0. The molecule has 0 radical (unpaired) electrons. The number of hydrogen-bond acceptors (Lipinski definition) is 4. The third-order valence-corrected chi connectivity index (χ3v) is 2.88. The number of quaternary nitrogens is 1. The maximum absolute atomic E-state index is 11.3. The quantitative estimate of drug-likeness (QED) is 0.382. The van der Waals surface area contributed by atoms with Crippen LogP contribution in [0, 0.1) is 5.21 Å². The molecular weight excluding hydrogens is 226 g/mol. The summed E-state index contributed by atoms with van der Waals surface area (Å²) in [5.41, 5.74) is 8.99. The van der Waals surface area contributed by atoms with Crippen molar-refractivity contribution >= 4 is 11.8 Å². The molecule has 0 rings (SSSR count). The molecule has 2 amide bonds. The van der Waals surface area contributed by atoms with E-state index in [9.17, 15) is 20.0 Å². The Morgan fingerprint density at radius 3 is 1.82 bits per heavy atom. The van der Waals surface area contributed by atoms with Crippen molar-refractivity contribution < 1.29 is 20.0 Å². The molecule has 0 fully saturated rings. The van der Waals surface area contributed by atoms with Crippen molar-refractivity contribution in [1.29, 1.82) is 0 Å². The van der Waals surface area contributed by atoms with Gasteiger partial charge in [0.25, 0.3) is 0 Å². The molecule has 0 aromatic heterocycles. The number of nitrogens with one attached hydrogen (secondary N) is 1. The van der Waals surface area contributed by atoms with Gasteiger partial charge in [0.2, 0.25) is 11.8 Å². The summed E-state index contributed by atoms with van der Waals surface area (Å²) in [7, 11) is 0. The Kier molecular flexibility index (Phi) is 6.71. The van der Waals surface area contributed by atoms with Crippen molar-refractivity contribution in [3.63, 3.8) is 0 Å². The molecule has 0 aromatic rings. The van der Waals surface area contributed by atoms with Crippen molar-refractivity contribution in [2.24, 2.45) is 11.5 Å². The summed E-state index contributed by atoms with van der Waals surface area (Å²) >= 11 is 0. The minimum absolute atomic E-state index is 0.00502. The van der Waals surface area contributed by atoms with E-state index >= 15 is 0 Å². The summed E-state index contributed by atoms with van der Waals surface area (Å²) in [4.78, 5) is 21.5. The largest absolute Gasteiger partial charge is 0.600 e. The predicted molar refractivity (Wildman–Crippen MR) is 60.6 cm³/mol. The molecule has 17 heavy (non-hydrogen) atoms. The third-order valence-electron chi connectivity index (χ3n) is 2.88. The fourth-order valence-electron chi connectivity index (χ4n) is 1.90. The number of primary amides is 2. The van der Waals surface area contributed by atoms with Gasteiger partial charge in [-0.1, -0.05) is 13.3 Å². The Morgan fingerprint density at radius 1 is 1.18 bits per heavy atom. The lowest BCUT2D eigenvalue weighted by Crippen LogP contribution is -3.14. The minimum atomic E-state index is -1.07. The molecule has 0 aliphatic carbocycles. The van der Waals surface area contributed by atoms with Crippen molar-refractivity contribution in [3.05, 3.63) is 5.21 Å². The highest BCUT2D eigenvalue weighted by Gasteiger charge is 2.36. The van der Waals surface area contributed by atoms with Crippen LogP contribution in [0.3, 0.4) is 0 Å². The minimum Gasteiger partial charge on any atom is -0.600 e. The predicted octanol–water partition coefficient (Wildman–Crippen LogP) is -1.17. The van der Waals surface area contributed by atoms with E-state index in [1.54, 1.807) is 0 Å². The normalized spacial score (nSPS) is 13.4. The zero-order valence-electron chi connectivity index (χ0n) is 10.1. The van der Waals surface area contributed by atoms with Gasteiger partial charge >= 0.3 is 0 Å². The number of hydroxylamine groups is 2. The number of hydrogen-bond donors (Lipinski definition) is 4. The zero-order chi connectivity index (χ0) is 13.5. The highest BCUT2D eigenvalue weighted by molar-refractivity contribution is 5.74. The number of carbonyl (C=O) groups is 2. The van der Waals surface area contributed by atoms with Gasteiger partial charge in [-0.2, -0.15) is 0 Å². The second-order valence-electron chi connectivity index (χ2n) is 4.27. The van der Waals surface area contributed by atoms with Crippen molar-refractivity contribution in [1.82, 2.24) is 0 Å². The van der Waals surface area contributed by atoms with E-state index in [1.807, 2.05) is 6.92 Å². The first-order chi connectivity index (χ1) is 7.84. The number of carbonyl (C=O) groups excluding carboxylic acids is 2. The molecule has 1 unspecified atom stereocenters. The monoisotopic (exact) mass is 247 g/mol. The molecule has 7 heteroatoms. The summed E-state index contributed by atoms with van der Waals surface area (Å²) in [5.74, 6) is -1.07. The summed E-state index contributed by atoms with van der Waals surface area (Å²) in [5, 5.41) is 19.6. The standard InChI is InChI=1S/C10H21N3O4/c1-2-5-10(13(16)17,6-3-8(11)14)7-4-9(12)15/h13,16H,2-7H2,1H3,(H2,11,14)(H2,12,15). The molecule has 6 N–H and O–H groups in total. The van der Waals surface area contributed by atoms with E-state index in [-0.39, 0.29) is 25.7 Å². The smallest absolute Gasteiger partial charge is 0.217 e. The van der Waals surface area contributed by atoms with Gasteiger partial charge in [-0.05, 0) is 0 Å². The van der Waals surface area contributed by atoms with Crippen LogP contribution >= 0.6 is 0 Å². The molecule has 7 nitrogen and oxygen atoms in total. The Hall–Kier alpha value is -1.18. The van der Waals surface area contributed by atoms with Crippen molar-refractivity contribution in [3.8, 4) is 0 Å². The van der Waals surface area contributed by atoms with Crippen molar-refractivity contribution in [2.45, 2.75) is 51.0 Å². The molecule has 0 saturated heterocycles. The highest BCUT2D eigenvalue weighted by atomic mass is 16.8. The number of rotatable bonds is 9. The lowest BCUT2D eigenvalue weighted by atomic mass is 9.84. The van der Waals surface area contributed by atoms with Crippen LogP contribution in [0.15, 0.2) is 0 Å². The summed E-state index contributed by atoms with van der Waals surface area (Å²) in [6.07, 6.45) is 1.38. The average Bonchev–Trinajstić information content (AvgIpc) is 2.21. The van der Waals surface area contributed by atoms with E-state index in [2.05, 4.69) is 0 Å². The first kappa shape index (κ1) is 15.8. The molecule has 0 spiro atoms. The first-order valence-electron chi connectivity index (χ1n) is 5.64. The molecular formula is C10H21N3O4. The molecule has 100 valence electrons. The molecule has 0 aromatic carbocycles. The van der Waals surface area contributed by atoms with Crippen LogP contribution in [0.25, 0.3) is 0 Å². The summed E-state index contributed by atoms with van der Waals surface area (Å²) in [6.45, 7) is 1.85. The number of nitrogens with two attached hydrogens (primary N) is 2. The van der Waals surface area contributed by atoms with Gasteiger partial charge in [-0.25, -0.2) is 10.4 Å². The van der Waals surface area contributed by atoms with Crippen LogP contribution in [0.4, 0.5) is 0 Å². The van der Waals surface area contributed by atoms with E-state index in [1.165, 1.54) is 0 Å². The van der Waals surface area contributed by atoms with Gasteiger partial charge in [0.1, 0.15) is 5.54 Å².